The summed E-state index contributed by atoms with van der Waals surface area (Å²) in [5.74, 6) is 0.301. The Morgan fingerprint density at radius 2 is 1.79 bits per heavy atom. The van der Waals surface area contributed by atoms with Gasteiger partial charge in [0.25, 0.3) is 0 Å². The summed E-state index contributed by atoms with van der Waals surface area (Å²) < 4.78 is 10.9. The van der Waals surface area contributed by atoms with Crippen LogP contribution in [-0.2, 0) is 14.4 Å². The van der Waals surface area contributed by atoms with Gasteiger partial charge in [0.05, 0.1) is 31.9 Å². The Bertz CT molecular complexity index is 1040. The fourth-order valence-corrected chi connectivity index (χ4v) is 4.42. The molecule has 182 valence electrons. The molecular weight excluding hydrogens is 434 g/mol. The number of anilines is 2. The maximum absolute atomic E-state index is 13.6. The van der Waals surface area contributed by atoms with Gasteiger partial charge in [-0.05, 0) is 37.1 Å². The molecule has 0 radical (unpaired) electrons. The van der Waals surface area contributed by atoms with Gasteiger partial charge in [-0.1, -0.05) is 31.5 Å². The lowest BCUT2D eigenvalue weighted by atomic mass is 9.83. The molecule has 3 rings (SSSR count). The van der Waals surface area contributed by atoms with E-state index in [4.69, 9.17) is 9.47 Å². The number of unbranched alkanes of at least 4 members (excludes halogenated alkanes) is 1. The van der Waals surface area contributed by atoms with E-state index in [1.54, 1.807) is 25.3 Å². The van der Waals surface area contributed by atoms with Crippen LogP contribution in [0.15, 0.2) is 42.5 Å². The second kappa shape index (κ2) is 11.5. The van der Waals surface area contributed by atoms with Crippen LogP contribution < -0.4 is 20.1 Å². The number of para-hydroxylation sites is 1. The van der Waals surface area contributed by atoms with Gasteiger partial charge in [0.2, 0.25) is 17.7 Å². The third-order valence-corrected chi connectivity index (χ3v) is 6.03. The lowest BCUT2D eigenvalue weighted by Crippen LogP contribution is -2.47. The molecule has 1 aliphatic rings. The van der Waals surface area contributed by atoms with Crippen LogP contribution in [-0.4, -0.2) is 43.4 Å². The Balaban J connectivity index is 1.94. The molecule has 8 nitrogen and oxygen atoms in total. The molecule has 0 bridgehead atoms. The molecule has 34 heavy (non-hydrogen) atoms. The third-order valence-electron chi connectivity index (χ3n) is 6.03. The molecule has 1 saturated heterocycles. The second-order valence-electron chi connectivity index (χ2n) is 8.36. The second-order valence-corrected chi connectivity index (χ2v) is 8.36. The van der Waals surface area contributed by atoms with Crippen LogP contribution in [0.3, 0.4) is 0 Å². The van der Waals surface area contributed by atoms with E-state index in [9.17, 15) is 14.4 Å². The molecule has 0 spiro atoms. The summed E-state index contributed by atoms with van der Waals surface area (Å²) in [4.78, 5) is 39.9. The number of nitrogens with zero attached hydrogens (tertiary/aromatic N) is 1. The van der Waals surface area contributed by atoms with E-state index in [0.29, 0.717) is 42.3 Å². The average Bonchev–Trinajstić information content (AvgIpc) is 2.82. The van der Waals surface area contributed by atoms with Crippen LogP contribution in [0.1, 0.15) is 51.1 Å². The maximum atomic E-state index is 13.6. The van der Waals surface area contributed by atoms with Crippen molar-refractivity contribution < 1.29 is 23.9 Å². The molecule has 0 aromatic heterocycles. The van der Waals surface area contributed by atoms with Gasteiger partial charge < -0.3 is 25.0 Å². The van der Waals surface area contributed by atoms with Gasteiger partial charge in [0.15, 0.2) is 0 Å². The molecule has 1 fully saturated rings. The number of rotatable bonds is 9. The fraction of sp³-hybridized carbons (Fsp3) is 0.423. The predicted molar refractivity (Wildman–Crippen MR) is 131 cm³/mol. The highest BCUT2D eigenvalue weighted by Crippen LogP contribution is 2.41. The average molecular weight is 468 g/mol. The summed E-state index contributed by atoms with van der Waals surface area (Å²) in [6.07, 6.45) is 2.54. The molecule has 2 aromatic carbocycles. The Morgan fingerprint density at radius 3 is 2.47 bits per heavy atom. The van der Waals surface area contributed by atoms with E-state index in [1.807, 2.05) is 29.2 Å². The molecule has 2 N–H and O–H groups in total. The Kier molecular flexibility index (Phi) is 8.51. The zero-order chi connectivity index (χ0) is 24.7. The number of hydrogen-bond donors (Lipinski definition) is 2. The van der Waals surface area contributed by atoms with Crippen molar-refractivity contribution in [2.24, 2.45) is 5.92 Å². The van der Waals surface area contributed by atoms with E-state index >= 15 is 0 Å². The Morgan fingerprint density at radius 1 is 1.06 bits per heavy atom. The summed E-state index contributed by atoms with van der Waals surface area (Å²) in [7, 11) is 3.11. The highest BCUT2D eigenvalue weighted by atomic mass is 16.5. The van der Waals surface area contributed by atoms with Gasteiger partial charge in [-0.2, -0.15) is 0 Å². The van der Waals surface area contributed by atoms with Crippen LogP contribution in [0.25, 0.3) is 0 Å². The first-order valence-corrected chi connectivity index (χ1v) is 11.6. The predicted octanol–water partition coefficient (Wildman–Crippen LogP) is 4.38. The first-order chi connectivity index (χ1) is 16.4. The van der Waals surface area contributed by atoms with E-state index < -0.39 is 12.0 Å². The zero-order valence-corrected chi connectivity index (χ0v) is 20.2. The van der Waals surface area contributed by atoms with Gasteiger partial charge in [0, 0.05) is 31.1 Å². The number of piperidine rings is 1. The normalized spacial score (nSPS) is 17.8. The van der Waals surface area contributed by atoms with Crippen LogP contribution in [0.4, 0.5) is 11.4 Å². The smallest absolute Gasteiger partial charge is 0.229 e. The summed E-state index contributed by atoms with van der Waals surface area (Å²) in [6, 6.07) is 12.2. The third kappa shape index (κ3) is 5.68. The molecule has 8 heteroatoms. The molecule has 2 aromatic rings. The number of nitrogens with one attached hydrogen (secondary N) is 2. The van der Waals surface area contributed by atoms with Crippen LogP contribution in [0.5, 0.6) is 11.5 Å². The Hall–Kier alpha value is -3.55. The molecule has 0 saturated carbocycles. The van der Waals surface area contributed by atoms with Crippen molar-refractivity contribution >= 4 is 29.1 Å². The van der Waals surface area contributed by atoms with E-state index in [-0.39, 0.29) is 17.7 Å². The minimum atomic E-state index is -0.461. The summed E-state index contributed by atoms with van der Waals surface area (Å²) in [5.41, 5.74) is 1.82. The summed E-state index contributed by atoms with van der Waals surface area (Å²) >= 11 is 0. The van der Waals surface area contributed by atoms with Gasteiger partial charge in [-0.15, -0.1) is 0 Å². The largest absolute Gasteiger partial charge is 0.496 e. The standard InChI is InChI=1S/C26H33N3O5/c1-5-6-15-29-24(31)14-12-20(25(29)19-9-7-8-10-22(19)33-3)26(32)28-18-11-13-23(34-4)21(16-18)27-17(2)30/h7-11,13,16,20,25H,5-6,12,14-15H2,1-4H3,(H,27,30)(H,28,32). The fourth-order valence-electron chi connectivity index (χ4n) is 4.42. The quantitative estimate of drug-likeness (QED) is 0.570. The molecule has 3 amide bonds. The monoisotopic (exact) mass is 467 g/mol. The minimum Gasteiger partial charge on any atom is -0.496 e. The minimum absolute atomic E-state index is 0.0470. The van der Waals surface area contributed by atoms with Crippen molar-refractivity contribution in [2.75, 3.05) is 31.4 Å². The molecule has 2 atom stereocenters. The topological polar surface area (TPSA) is 97.0 Å². The van der Waals surface area contributed by atoms with Crippen molar-refractivity contribution in [3.63, 3.8) is 0 Å². The number of likely N-dealkylation sites (tertiary alicyclic amines) is 1. The molecular formula is C26H33N3O5. The van der Waals surface area contributed by atoms with Crippen molar-refractivity contribution in [1.29, 1.82) is 0 Å². The zero-order valence-electron chi connectivity index (χ0n) is 20.2. The first-order valence-electron chi connectivity index (χ1n) is 11.6. The maximum Gasteiger partial charge on any atom is 0.229 e. The van der Waals surface area contributed by atoms with Gasteiger partial charge in [-0.3, -0.25) is 14.4 Å². The SMILES string of the molecule is CCCCN1C(=O)CCC(C(=O)Nc2ccc(OC)c(NC(C)=O)c2)C1c1ccccc1OC. The van der Waals surface area contributed by atoms with Gasteiger partial charge in [0.1, 0.15) is 11.5 Å². The summed E-state index contributed by atoms with van der Waals surface area (Å²) in [5, 5.41) is 5.70. The van der Waals surface area contributed by atoms with Gasteiger partial charge >= 0.3 is 0 Å². The highest BCUT2D eigenvalue weighted by Gasteiger charge is 2.41. The van der Waals surface area contributed by atoms with E-state index in [2.05, 4.69) is 17.6 Å². The van der Waals surface area contributed by atoms with Crippen LogP contribution >= 0.6 is 0 Å². The number of ether oxygens (including phenoxy) is 2. The van der Waals surface area contributed by atoms with Crippen molar-refractivity contribution in [2.45, 2.75) is 45.6 Å². The van der Waals surface area contributed by atoms with Gasteiger partial charge in [-0.25, -0.2) is 0 Å². The van der Waals surface area contributed by atoms with E-state index in [1.165, 1.54) is 14.0 Å². The highest BCUT2D eigenvalue weighted by molar-refractivity contribution is 5.97. The first kappa shape index (κ1) is 25.1. The Labute approximate surface area is 200 Å². The van der Waals surface area contributed by atoms with Crippen molar-refractivity contribution in [1.82, 2.24) is 4.90 Å². The number of benzene rings is 2. The summed E-state index contributed by atoms with van der Waals surface area (Å²) in [6.45, 7) is 4.07. The number of carbonyl (C=O) groups is 3. The molecule has 2 unspecified atom stereocenters. The number of methoxy groups -OCH3 is 2. The van der Waals surface area contributed by atoms with Crippen LogP contribution in [0, 0.1) is 5.92 Å². The molecule has 1 heterocycles. The van der Waals surface area contributed by atoms with Crippen molar-refractivity contribution in [3.05, 3.63) is 48.0 Å². The lowest BCUT2D eigenvalue weighted by molar-refractivity contribution is -0.142. The van der Waals surface area contributed by atoms with Crippen molar-refractivity contribution in [3.8, 4) is 11.5 Å². The molecule has 0 aliphatic carbocycles. The number of amides is 3. The molecule has 1 aliphatic heterocycles. The van der Waals surface area contributed by atoms with E-state index in [0.717, 1.165) is 18.4 Å². The number of carbonyl (C=O) groups excluding carboxylic acids is 3. The number of hydrogen-bond acceptors (Lipinski definition) is 5. The lowest BCUT2D eigenvalue weighted by Gasteiger charge is -2.41. The van der Waals surface area contributed by atoms with Crippen LogP contribution in [0.2, 0.25) is 0 Å².